The van der Waals surface area contributed by atoms with Gasteiger partial charge in [-0.3, -0.25) is 0 Å². The molecule has 1 atom stereocenters. The van der Waals surface area contributed by atoms with Crippen molar-refractivity contribution in [2.45, 2.75) is 19.3 Å². The first kappa shape index (κ1) is 8.94. The summed E-state index contributed by atoms with van der Waals surface area (Å²) in [6.07, 6.45) is 1.23. The van der Waals surface area contributed by atoms with Gasteiger partial charge >= 0.3 is 0 Å². The molecule has 2 N–H and O–H groups in total. The van der Waals surface area contributed by atoms with Gasteiger partial charge in [-0.25, -0.2) is 4.98 Å². The highest BCUT2D eigenvalue weighted by Crippen LogP contribution is 2.34. The number of aryl methyl sites for hydroxylation is 1. The Balaban J connectivity index is 2.34. The fraction of sp³-hybridized carbons (Fsp3) is 0.667. The first-order valence-electron chi connectivity index (χ1n) is 4.56. The van der Waals surface area contributed by atoms with Gasteiger partial charge in [-0.2, -0.15) is 11.8 Å². The van der Waals surface area contributed by atoms with Gasteiger partial charge in [0.15, 0.2) is 0 Å². The van der Waals surface area contributed by atoms with Crippen LogP contribution in [0.1, 0.15) is 23.9 Å². The van der Waals surface area contributed by atoms with Gasteiger partial charge < -0.3 is 10.3 Å². The van der Waals surface area contributed by atoms with Crippen molar-refractivity contribution in [3.63, 3.8) is 0 Å². The van der Waals surface area contributed by atoms with Gasteiger partial charge in [0.25, 0.3) is 0 Å². The van der Waals surface area contributed by atoms with Crippen LogP contribution in [0.3, 0.4) is 0 Å². The van der Waals surface area contributed by atoms with Crippen LogP contribution in [-0.2, 0) is 7.05 Å². The number of nitrogens with two attached hydrogens (primary N) is 1. The lowest BCUT2D eigenvalue weighted by atomic mass is 10.1. The summed E-state index contributed by atoms with van der Waals surface area (Å²) in [6, 6.07) is 0. The molecule has 2 rings (SSSR count). The normalized spacial score (nSPS) is 22.5. The molecule has 1 aromatic rings. The van der Waals surface area contributed by atoms with Crippen molar-refractivity contribution in [1.29, 1.82) is 0 Å². The maximum atomic E-state index is 5.97. The van der Waals surface area contributed by atoms with E-state index < -0.39 is 0 Å². The van der Waals surface area contributed by atoms with Crippen molar-refractivity contribution in [3.8, 4) is 0 Å². The number of nitrogen functional groups attached to an aromatic ring is 1. The summed E-state index contributed by atoms with van der Waals surface area (Å²) in [5.74, 6) is 4.89. The highest BCUT2D eigenvalue weighted by molar-refractivity contribution is 7.99. The molecule has 72 valence electrons. The number of nitrogens with zero attached hydrogens (tertiary/aromatic N) is 2. The van der Waals surface area contributed by atoms with Crippen LogP contribution < -0.4 is 5.73 Å². The predicted octanol–water partition coefficient (Wildman–Crippen LogP) is 1.53. The third kappa shape index (κ3) is 1.43. The molecular formula is C9H15N3S. The maximum Gasteiger partial charge on any atom is 0.126 e. The lowest BCUT2D eigenvalue weighted by Crippen LogP contribution is -2.03. The van der Waals surface area contributed by atoms with Crippen molar-refractivity contribution in [1.82, 2.24) is 9.55 Å². The molecule has 1 aliphatic rings. The highest BCUT2D eigenvalue weighted by atomic mass is 32.2. The van der Waals surface area contributed by atoms with E-state index in [0.717, 1.165) is 17.3 Å². The van der Waals surface area contributed by atoms with Crippen LogP contribution >= 0.6 is 11.8 Å². The standard InChI is InChI=1S/C9H15N3S/c1-6-11-8(9(10)12(6)2)7-3-4-13-5-7/h7H,3-5,10H2,1-2H3. The van der Waals surface area contributed by atoms with E-state index in [0.29, 0.717) is 5.92 Å². The highest BCUT2D eigenvalue weighted by Gasteiger charge is 2.23. The van der Waals surface area contributed by atoms with Gasteiger partial charge in [-0.05, 0) is 19.1 Å². The largest absolute Gasteiger partial charge is 0.384 e. The van der Waals surface area contributed by atoms with E-state index in [9.17, 15) is 0 Å². The van der Waals surface area contributed by atoms with Gasteiger partial charge in [0, 0.05) is 18.7 Å². The predicted molar refractivity (Wildman–Crippen MR) is 57.0 cm³/mol. The molecular weight excluding hydrogens is 182 g/mol. The fourth-order valence-electron chi connectivity index (χ4n) is 1.70. The smallest absolute Gasteiger partial charge is 0.126 e. The molecule has 0 spiro atoms. The number of aromatic nitrogens is 2. The molecule has 1 fully saturated rings. The molecule has 1 unspecified atom stereocenters. The summed E-state index contributed by atoms with van der Waals surface area (Å²) in [4.78, 5) is 4.52. The van der Waals surface area contributed by atoms with Crippen molar-refractivity contribution in [3.05, 3.63) is 11.5 Å². The number of thioether (sulfide) groups is 1. The molecule has 1 aliphatic heterocycles. The third-order valence-corrected chi connectivity index (χ3v) is 3.87. The van der Waals surface area contributed by atoms with Crippen molar-refractivity contribution in [2.24, 2.45) is 7.05 Å². The number of anilines is 1. The molecule has 13 heavy (non-hydrogen) atoms. The average Bonchev–Trinajstić information content (AvgIpc) is 2.70. The van der Waals surface area contributed by atoms with Gasteiger partial charge in [-0.1, -0.05) is 0 Å². The summed E-state index contributed by atoms with van der Waals surface area (Å²) in [5.41, 5.74) is 7.09. The van der Waals surface area contributed by atoms with Crippen LogP contribution in [0.5, 0.6) is 0 Å². The number of rotatable bonds is 1. The lowest BCUT2D eigenvalue weighted by molar-refractivity contribution is 0.758. The van der Waals surface area contributed by atoms with Crippen LogP contribution in [0, 0.1) is 6.92 Å². The minimum atomic E-state index is 0.588. The molecule has 0 radical (unpaired) electrons. The minimum Gasteiger partial charge on any atom is -0.384 e. The third-order valence-electron chi connectivity index (χ3n) is 2.71. The Labute approximate surface area is 82.7 Å². The summed E-state index contributed by atoms with van der Waals surface area (Å²) >= 11 is 2.00. The Bertz CT molecular complexity index is 313. The van der Waals surface area contributed by atoms with Gasteiger partial charge in [-0.15, -0.1) is 0 Å². The molecule has 3 nitrogen and oxygen atoms in total. The number of imidazole rings is 1. The van der Waals surface area contributed by atoms with E-state index >= 15 is 0 Å². The second-order valence-corrected chi connectivity index (χ2v) is 4.70. The first-order chi connectivity index (χ1) is 6.20. The van der Waals surface area contributed by atoms with Gasteiger partial charge in [0.05, 0.1) is 5.69 Å². The van der Waals surface area contributed by atoms with Crippen LogP contribution in [0.2, 0.25) is 0 Å². The summed E-state index contributed by atoms with van der Waals surface area (Å²) in [5, 5.41) is 0. The topological polar surface area (TPSA) is 43.8 Å². The Hall–Kier alpha value is -0.640. The van der Waals surface area contributed by atoms with Crippen molar-refractivity contribution >= 4 is 17.6 Å². The molecule has 4 heteroatoms. The number of hydrogen-bond acceptors (Lipinski definition) is 3. The van der Waals surface area contributed by atoms with E-state index in [-0.39, 0.29) is 0 Å². The summed E-state index contributed by atoms with van der Waals surface area (Å²) in [7, 11) is 1.98. The zero-order valence-corrected chi connectivity index (χ0v) is 8.90. The Morgan fingerprint density at radius 2 is 2.38 bits per heavy atom. The zero-order chi connectivity index (χ0) is 9.42. The molecule has 1 saturated heterocycles. The second kappa shape index (κ2) is 3.25. The molecule has 0 amide bonds. The SMILES string of the molecule is Cc1nc(C2CCSC2)c(N)n1C. The molecule has 0 aliphatic carbocycles. The van der Waals surface area contributed by atoms with Gasteiger partial charge in [0.2, 0.25) is 0 Å². The Morgan fingerprint density at radius 3 is 2.85 bits per heavy atom. The molecule has 1 aromatic heterocycles. The van der Waals surface area contributed by atoms with E-state index in [1.807, 2.05) is 30.3 Å². The van der Waals surface area contributed by atoms with E-state index in [2.05, 4.69) is 4.98 Å². The monoisotopic (exact) mass is 197 g/mol. The molecule has 0 aromatic carbocycles. The van der Waals surface area contributed by atoms with Crippen LogP contribution in [0.25, 0.3) is 0 Å². The average molecular weight is 197 g/mol. The van der Waals surface area contributed by atoms with E-state index in [1.54, 1.807) is 0 Å². The number of hydrogen-bond donors (Lipinski definition) is 1. The van der Waals surface area contributed by atoms with Crippen molar-refractivity contribution in [2.75, 3.05) is 17.2 Å². The quantitative estimate of drug-likeness (QED) is 0.742. The first-order valence-corrected chi connectivity index (χ1v) is 5.72. The molecule has 0 bridgehead atoms. The Kier molecular flexibility index (Phi) is 2.24. The maximum absolute atomic E-state index is 5.97. The fourth-order valence-corrected chi connectivity index (χ4v) is 2.93. The van der Waals surface area contributed by atoms with E-state index in [1.165, 1.54) is 17.9 Å². The van der Waals surface area contributed by atoms with Gasteiger partial charge in [0.1, 0.15) is 11.6 Å². The summed E-state index contributed by atoms with van der Waals surface area (Å²) < 4.78 is 1.97. The lowest BCUT2D eigenvalue weighted by Gasteiger charge is -2.05. The van der Waals surface area contributed by atoms with Crippen LogP contribution in [0.4, 0.5) is 5.82 Å². The van der Waals surface area contributed by atoms with Crippen LogP contribution in [-0.4, -0.2) is 21.1 Å². The minimum absolute atomic E-state index is 0.588. The van der Waals surface area contributed by atoms with Crippen LogP contribution in [0.15, 0.2) is 0 Å². The Morgan fingerprint density at radius 1 is 1.62 bits per heavy atom. The molecule has 2 heterocycles. The second-order valence-electron chi connectivity index (χ2n) is 3.55. The van der Waals surface area contributed by atoms with Crippen molar-refractivity contribution < 1.29 is 0 Å². The summed E-state index contributed by atoms with van der Waals surface area (Å²) in [6.45, 7) is 2.00. The zero-order valence-electron chi connectivity index (χ0n) is 8.08. The molecule has 0 saturated carbocycles. The van der Waals surface area contributed by atoms with E-state index in [4.69, 9.17) is 5.73 Å².